The SMILES string of the molecule is CCNc1cn2ccnc2c(SCCCO)n1. The van der Waals surface area contributed by atoms with Gasteiger partial charge in [0.15, 0.2) is 5.65 Å². The maximum atomic E-state index is 8.79. The lowest BCUT2D eigenvalue weighted by Crippen LogP contribution is -2.03. The van der Waals surface area contributed by atoms with Crippen LogP contribution in [0.25, 0.3) is 5.65 Å². The average molecular weight is 252 g/mol. The number of anilines is 1. The minimum atomic E-state index is 0.213. The number of nitrogens with one attached hydrogen (secondary N) is 1. The van der Waals surface area contributed by atoms with Gasteiger partial charge in [0, 0.05) is 31.3 Å². The molecule has 0 atom stereocenters. The summed E-state index contributed by atoms with van der Waals surface area (Å²) >= 11 is 1.62. The summed E-state index contributed by atoms with van der Waals surface area (Å²) in [6.45, 7) is 3.09. The van der Waals surface area contributed by atoms with Crippen molar-refractivity contribution >= 4 is 23.2 Å². The summed E-state index contributed by atoms with van der Waals surface area (Å²) in [5.74, 6) is 1.70. The van der Waals surface area contributed by atoms with Gasteiger partial charge in [-0.15, -0.1) is 11.8 Å². The first kappa shape index (κ1) is 12.2. The van der Waals surface area contributed by atoms with Crippen molar-refractivity contribution in [1.82, 2.24) is 14.4 Å². The van der Waals surface area contributed by atoms with Gasteiger partial charge >= 0.3 is 0 Å². The second kappa shape index (κ2) is 5.88. The van der Waals surface area contributed by atoms with Gasteiger partial charge in [0.1, 0.15) is 10.8 Å². The van der Waals surface area contributed by atoms with Gasteiger partial charge in [-0.3, -0.25) is 0 Å². The molecular formula is C11H16N4OS. The molecule has 0 amide bonds. The minimum absolute atomic E-state index is 0.213. The molecule has 2 rings (SSSR count). The highest BCUT2D eigenvalue weighted by Crippen LogP contribution is 2.22. The van der Waals surface area contributed by atoms with Gasteiger partial charge in [-0.2, -0.15) is 0 Å². The summed E-state index contributed by atoms with van der Waals surface area (Å²) < 4.78 is 1.96. The standard InChI is InChI=1S/C11H16N4OS/c1-2-12-9-8-15-5-4-13-10(15)11(14-9)17-7-3-6-16/h4-5,8,12,16H,2-3,6-7H2,1H3. The Labute approximate surface area is 104 Å². The number of aliphatic hydroxyl groups is 1. The van der Waals surface area contributed by atoms with Crippen molar-refractivity contribution < 1.29 is 5.11 Å². The van der Waals surface area contributed by atoms with Gasteiger partial charge in [0.05, 0.1) is 6.20 Å². The summed E-state index contributed by atoms with van der Waals surface area (Å²) in [5, 5.41) is 12.9. The number of rotatable bonds is 6. The smallest absolute Gasteiger partial charge is 0.169 e. The first-order chi connectivity index (χ1) is 8.35. The van der Waals surface area contributed by atoms with E-state index in [0.717, 1.165) is 35.2 Å². The molecule has 0 fully saturated rings. The van der Waals surface area contributed by atoms with Crippen LogP contribution in [-0.2, 0) is 0 Å². The molecule has 5 nitrogen and oxygen atoms in total. The van der Waals surface area contributed by atoms with Gasteiger partial charge in [0.2, 0.25) is 0 Å². The normalized spacial score (nSPS) is 10.9. The molecule has 0 saturated heterocycles. The molecular weight excluding hydrogens is 236 g/mol. The quantitative estimate of drug-likeness (QED) is 0.604. The van der Waals surface area contributed by atoms with E-state index in [1.807, 2.05) is 23.7 Å². The Kier molecular flexibility index (Phi) is 4.22. The molecule has 6 heteroatoms. The van der Waals surface area contributed by atoms with Crippen LogP contribution in [0.3, 0.4) is 0 Å². The van der Waals surface area contributed by atoms with Crippen LogP contribution in [0.5, 0.6) is 0 Å². The van der Waals surface area contributed by atoms with Gasteiger partial charge < -0.3 is 14.8 Å². The molecule has 0 aliphatic heterocycles. The van der Waals surface area contributed by atoms with E-state index >= 15 is 0 Å². The lowest BCUT2D eigenvalue weighted by atomic mass is 10.5. The number of thioether (sulfide) groups is 1. The van der Waals surface area contributed by atoms with E-state index in [9.17, 15) is 0 Å². The Morgan fingerprint density at radius 2 is 2.41 bits per heavy atom. The van der Waals surface area contributed by atoms with E-state index < -0.39 is 0 Å². The molecule has 2 N–H and O–H groups in total. The summed E-state index contributed by atoms with van der Waals surface area (Å²) in [6.07, 6.45) is 6.38. The van der Waals surface area contributed by atoms with Crippen molar-refractivity contribution in [1.29, 1.82) is 0 Å². The predicted octanol–water partition coefficient (Wildman–Crippen LogP) is 1.64. The zero-order valence-electron chi connectivity index (χ0n) is 9.76. The molecule has 0 radical (unpaired) electrons. The monoisotopic (exact) mass is 252 g/mol. The molecule has 0 aromatic carbocycles. The second-order valence-corrected chi connectivity index (χ2v) is 4.63. The lowest BCUT2D eigenvalue weighted by Gasteiger charge is -2.07. The third kappa shape index (κ3) is 2.89. The molecule has 2 aromatic rings. The molecule has 0 aliphatic rings. The van der Waals surface area contributed by atoms with Crippen molar-refractivity contribution in [3.05, 3.63) is 18.6 Å². The van der Waals surface area contributed by atoms with Crippen LogP contribution < -0.4 is 5.32 Å². The average Bonchev–Trinajstić information content (AvgIpc) is 2.78. The van der Waals surface area contributed by atoms with E-state index in [2.05, 4.69) is 15.3 Å². The van der Waals surface area contributed by atoms with Crippen molar-refractivity contribution in [2.24, 2.45) is 0 Å². The fourth-order valence-electron chi connectivity index (χ4n) is 1.50. The fraction of sp³-hybridized carbons (Fsp3) is 0.455. The van der Waals surface area contributed by atoms with E-state index in [-0.39, 0.29) is 6.61 Å². The molecule has 92 valence electrons. The zero-order chi connectivity index (χ0) is 12.1. The van der Waals surface area contributed by atoms with Crippen LogP contribution in [0.15, 0.2) is 23.6 Å². The lowest BCUT2D eigenvalue weighted by molar-refractivity contribution is 0.296. The van der Waals surface area contributed by atoms with Gasteiger partial charge in [-0.25, -0.2) is 9.97 Å². The number of aromatic nitrogens is 3. The largest absolute Gasteiger partial charge is 0.396 e. The Morgan fingerprint density at radius 1 is 1.53 bits per heavy atom. The highest BCUT2D eigenvalue weighted by Gasteiger charge is 2.07. The Balaban J connectivity index is 2.26. The molecule has 2 heterocycles. The van der Waals surface area contributed by atoms with Crippen LogP contribution in [0.2, 0.25) is 0 Å². The number of fused-ring (bicyclic) bond motifs is 1. The van der Waals surface area contributed by atoms with Crippen molar-refractivity contribution in [2.45, 2.75) is 18.4 Å². The number of nitrogens with zero attached hydrogens (tertiary/aromatic N) is 3. The summed E-state index contributed by atoms with van der Waals surface area (Å²) in [6, 6.07) is 0. The molecule has 0 bridgehead atoms. The Morgan fingerprint density at radius 3 is 3.18 bits per heavy atom. The van der Waals surface area contributed by atoms with Gasteiger partial charge in [-0.1, -0.05) is 0 Å². The van der Waals surface area contributed by atoms with E-state index in [1.54, 1.807) is 18.0 Å². The molecule has 17 heavy (non-hydrogen) atoms. The van der Waals surface area contributed by atoms with E-state index in [0.29, 0.717) is 0 Å². The topological polar surface area (TPSA) is 62.5 Å². The predicted molar refractivity (Wildman–Crippen MR) is 69.6 cm³/mol. The summed E-state index contributed by atoms with van der Waals surface area (Å²) in [5.41, 5.74) is 0.870. The van der Waals surface area contributed by atoms with Crippen LogP contribution >= 0.6 is 11.8 Å². The van der Waals surface area contributed by atoms with Crippen LogP contribution in [0.4, 0.5) is 5.82 Å². The van der Waals surface area contributed by atoms with Crippen molar-refractivity contribution in [3.63, 3.8) is 0 Å². The highest BCUT2D eigenvalue weighted by atomic mass is 32.2. The van der Waals surface area contributed by atoms with Gasteiger partial charge in [0.25, 0.3) is 0 Å². The highest BCUT2D eigenvalue weighted by molar-refractivity contribution is 7.99. The number of hydrogen-bond acceptors (Lipinski definition) is 5. The molecule has 0 aliphatic carbocycles. The summed E-state index contributed by atoms with van der Waals surface area (Å²) in [4.78, 5) is 8.81. The minimum Gasteiger partial charge on any atom is -0.396 e. The maximum Gasteiger partial charge on any atom is 0.169 e. The van der Waals surface area contributed by atoms with Crippen molar-refractivity contribution in [3.8, 4) is 0 Å². The second-order valence-electron chi connectivity index (χ2n) is 3.55. The summed E-state index contributed by atoms with van der Waals surface area (Å²) in [7, 11) is 0. The number of imidazole rings is 1. The zero-order valence-corrected chi connectivity index (χ0v) is 10.6. The van der Waals surface area contributed by atoms with E-state index in [4.69, 9.17) is 5.11 Å². The number of hydrogen-bond donors (Lipinski definition) is 2. The third-order valence-corrected chi connectivity index (χ3v) is 3.28. The first-order valence-corrected chi connectivity index (χ1v) is 6.65. The first-order valence-electron chi connectivity index (χ1n) is 5.66. The van der Waals surface area contributed by atoms with Crippen LogP contribution in [0, 0.1) is 0 Å². The van der Waals surface area contributed by atoms with Gasteiger partial charge in [-0.05, 0) is 13.3 Å². The third-order valence-electron chi connectivity index (χ3n) is 2.24. The molecule has 0 spiro atoms. The van der Waals surface area contributed by atoms with Crippen LogP contribution in [0.1, 0.15) is 13.3 Å². The maximum absolute atomic E-state index is 8.79. The van der Waals surface area contributed by atoms with Crippen LogP contribution in [-0.4, -0.2) is 38.4 Å². The molecule has 0 unspecified atom stereocenters. The molecule has 2 aromatic heterocycles. The van der Waals surface area contributed by atoms with Crippen molar-refractivity contribution in [2.75, 3.05) is 24.2 Å². The Hall–Kier alpha value is -1.27. The molecule has 0 saturated carbocycles. The Bertz CT molecular complexity index is 485. The number of aliphatic hydroxyl groups excluding tert-OH is 1. The van der Waals surface area contributed by atoms with E-state index in [1.165, 1.54) is 0 Å². The fourth-order valence-corrected chi connectivity index (χ4v) is 2.42.